The highest BCUT2D eigenvalue weighted by Crippen LogP contribution is 2.25. The molecule has 0 spiro atoms. The molecule has 0 heterocycles. The Bertz CT molecular complexity index is 748. The van der Waals surface area contributed by atoms with Crippen molar-refractivity contribution >= 4 is 27.6 Å². The number of hydrogen-bond donors (Lipinski definition) is 2. The van der Waals surface area contributed by atoms with Crippen molar-refractivity contribution in [3.8, 4) is 5.75 Å². The van der Waals surface area contributed by atoms with Gasteiger partial charge >= 0.3 is 6.61 Å². The number of halogens is 3. The molecule has 0 aliphatic heterocycles. The van der Waals surface area contributed by atoms with Crippen LogP contribution < -0.4 is 15.4 Å². The summed E-state index contributed by atoms with van der Waals surface area (Å²) in [6.07, 6.45) is 0.580. The lowest BCUT2D eigenvalue weighted by Crippen LogP contribution is -2.39. The summed E-state index contributed by atoms with van der Waals surface area (Å²) in [6.45, 7) is 2.11. The van der Waals surface area contributed by atoms with Gasteiger partial charge in [-0.1, -0.05) is 11.6 Å². The number of guanidine groups is 1. The Morgan fingerprint density at radius 1 is 1.32 bits per heavy atom. The van der Waals surface area contributed by atoms with Gasteiger partial charge in [0.05, 0.1) is 12.3 Å². The monoisotopic (exact) mass is 440 g/mol. The van der Waals surface area contributed by atoms with E-state index in [0.717, 1.165) is 0 Å². The Morgan fingerprint density at radius 2 is 2.04 bits per heavy atom. The van der Waals surface area contributed by atoms with Gasteiger partial charge < -0.3 is 15.4 Å². The molecule has 0 bridgehead atoms. The van der Waals surface area contributed by atoms with E-state index in [0.29, 0.717) is 42.6 Å². The van der Waals surface area contributed by atoms with Gasteiger partial charge in [-0.2, -0.15) is 8.78 Å². The zero-order valence-electron chi connectivity index (χ0n) is 16.2. The molecule has 2 N–H and O–H groups in total. The second-order valence-electron chi connectivity index (χ2n) is 5.83. The summed E-state index contributed by atoms with van der Waals surface area (Å²) in [5, 5.41) is 6.52. The van der Waals surface area contributed by atoms with E-state index < -0.39 is 16.6 Å². The van der Waals surface area contributed by atoms with E-state index in [-0.39, 0.29) is 18.0 Å². The van der Waals surface area contributed by atoms with Gasteiger partial charge in [-0.15, -0.1) is 0 Å². The molecule has 28 heavy (non-hydrogen) atoms. The molecule has 0 amide bonds. The first kappa shape index (κ1) is 24.4. The number of ether oxygens (including phenoxy) is 1. The summed E-state index contributed by atoms with van der Waals surface area (Å²) < 4.78 is 54.3. The number of hydrogen-bond acceptors (Lipinski definition) is 4. The quantitative estimate of drug-likeness (QED) is 0.314. The van der Waals surface area contributed by atoms with Gasteiger partial charge in [0.25, 0.3) is 0 Å². The van der Waals surface area contributed by atoms with Crippen LogP contribution in [0.2, 0.25) is 5.02 Å². The van der Waals surface area contributed by atoms with Crippen LogP contribution in [0.25, 0.3) is 0 Å². The predicted molar refractivity (Wildman–Crippen MR) is 108 cm³/mol. The van der Waals surface area contributed by atoms with E-state index in [1.54, 1.807) is 14.0 Å². The largest absolute Gasteiger partial charge is 0.434 e. The number of rotatable bonds is 11. The van der Waals surface area contributed by atoms with Gasteiger partial charge in [-0.05, 0) is 38.5 Å². The minimum atomic E-state index is -3.20. The van der Waals surface area contributed by atoms with Crippen molar-refractivity contribution in [2.75, 3.05) is 32.4 Å². The lowest BCUT2D eigenvalue weighted by atomic mass is 10.2. The first-order chi connectivity index (χ1) is 13.2. The molecule has 0 radical (unpaired) electrons. The highest BCUT2D eigenvalue weighted by atomic mass is 35.5. The standard InChI is InChI=1S/C17H27ClF2N4O3S/c1-4-21-17(22-9-6-10-24(3)28(25,26)5-2)23-12-13-11-14(18)7-8-15(13)27-16(19)20/h7-8,11,16H,4-6,9-10,12H2,1-3H3,(H2,21,22,23). The van der Waals surface area contributed by atoms with Crippen molar-refractivity contribution in [1.82, 2.24) is 14.9 Å². The van der Waals surface area contributed by atoms with Crippen molar-refractivity contribution in [3.05, 3.63) is 28.8 Å². The molecule has 0 fully saturated rings. The Morgan fingerprint density at radius 3 is 2.64 bits per heavy atom. The lowest BCUT2D eigenvalue weighted by Gasteiger charge is -2.17. The number of benzene rings is 1. The maximum atomic E-state index is 12.5. The van der Waals surface area contributed by atoms with Crippen molar-refractivity contribution in [1.29, 1.82) is 0 Å². The fourth-order valence-electron chi connectivity index (χ4n) is 2.26. The van der Waals surface area contributed by atoms with Crippen molar-refractivity contribution in [2.45, 2.75) is 33.4 Å². The Kier molecular flexibility index (Phi) is 10.5. The first-order valence-electron chi connectivity index (χ1n) is 8.89. The van der Waals surface area contributed by atoms with Crippen LogP contribution in [0.4, 0.5) is 8.78 Å². The highest BCUT2D eigenvalue weighted by Gasteiger charge is 2.14. The molecule has 160 valence electrons. The minimum absolute atomic E-state index is 0.0189. The van der Waals surface area contributed by atoms with E-state index in [1.807, 2.05) is 6.92 Å². The molecule has 1 rings (SSSR count). The molecule has 11 heteroatoms. The molecule has 0 aromatic heterocycles. The van der Waals surface area contributed by atoms with Crippen LogP contribution in [-0.2, 0) is 16.6 Å². The number of alkyl halides is 2. The van der Waals surface area contributed by atoms with Gasteiger partial charge in [0.2, 0.25) is 10.0 Å². The van der Waals surface area contributed by atoms with Gasteiger partial charge in [-0.25, -0.2) is 17.7 Å². The Balaban J connectivity index is 2.69. The molecule has 0 saturated carbocycles. The zero-order chi connectivity index (χ0) is 21.2. The van der Waals surface area contributed by atoms with E-state index in [1.165, 1.54) is 22.5 Å². The van der Waals surface area contributed by atoms with E-state index in [9.17, 15) is 17.2 Å². The van der Waals surface area contributed by atoms with Crippen LogP contribution in [0, 0.1) is 0 Å². The fraction of sp³-hybridized carbons (Fsp3) is 0.588. The molecule has 1 aromatic rings. The van der Waals surface area contributed by atoms with Crippen LogP contribution in [0.5, 0.6) is 5.75 Å². The van der Waals surface area contributed by atoms with Gasteiger partial charge in [-0.3, -0.25) is 0 Å². The summed E-state index contributed by atoms with van der Waals surface area (Å²) in [4.78, 5) is 4.35. The predicted octanol–water partition coefficient (Wildman–Crippen LogP) is 2.67. The second kappa shape index (κ2) is 12.0. The molecule has 0 unspecified atom stereocenters. The summed E-state index contributed by atoms with van der Waals surface area (Å²) in [5.41, 5.74) is 0.429. The van der Waals surface area contributed by atoms with Gasteiger partial charge in [0.15, 0.2) is 5.96 Å². The average molecular weight is 441 g/mol. The molecule has 0 saturated heterocycles. The van der Waals surface area contributed by atoms with Crippen molar-refractivity contribution in [2.24, 2.45) is 4.99 Å². The summed E-state index contributed by atoms with van der Waals surface area (Å²) in [5.74, 6) is 0.556. The summed E-state index contributed by atoms with van der Waals surface area (Å²) in [7, 11) is -1.66. The second-order valence-corrected chi connectivity index (χ2v) is 8.63. The topological polar surface area (TPSA) is 83.0 Å². The molecule has 0 atom stereocenters. The first-order valence-corrected chi connectivity index (χ1v) is 10.9. The van der Waals surface area contributed by atoms with Crippen LogP contribution >= 0.6 is 11.6 Å². The van der Waals surface area contributed by atoms with Crippen LogP contribution in [0.1, 0.15) is 25.8 Å². The number of aliphatic imine (C=N–C) groups is 1. The SMILES string of the molecule is CCNC(=NCc1cc(Cl)ccc1OC(F)F)NCCCN(C)S(=O)(=O)CC. The van der Waals surface area contributed by atoms with E-state index >= 15 is 0 Å². The van der Waals surface area contributed by atoms with Crippen LogP contribution in [-0.4, -0.2) is 57.7 Å². The maximum Gasteiger partial charge on any atom is 0.387 e. The van der Waals surface area contributed by atoms with Crippen molar-refractivity contribution in [3.63, 3.8) is 0 Å². The Hall–Kier alpha value is -1.65. The van der Waals surface area contributed by atoms with Crippen molar-refractivity contribution < 1.29 is 21.9 Å². The number of sulfonamides is 1. The van der Waals surface area contributed by atoms with Gasteiger partial charge in [0.1, 0.15) is 5.75 Å². The van der Waals surface area contributed by atoms with Crippen LogP contribution in [0.3, 0.4) is 0 Å². The number of nitrogens with zero attached hydrogens (tertiary/aromatic N) is 2. The molecule has 0 aliphatic carbocycles. The summed E-state index contributed by atoms with van der Waals surface area (Å²) in [6, 6.07) is 4.37. The highest BCUT2D eigenvalue weighted by molar-refractivity contribution is 7.89. The minimum Gasteiger partial charge on any atom is -0.434 e. The van der Waals surface area contributed by atoms with E-state index in [2.05, 4.69) is 20.4 Å². The zero-order valence-corrected chi connectivity index (χ0v) is 17.8. The molecular weight excluding hydrogens is 414 g/mol. The van der Waals surface area contributed by atoms with Crippen LogP contribution in [0.15, 0.2) is 23.2 Å². The molecule has 1 aromatic carbocycles. The third-order valence-electron chi connectivity index (χ3n) is 3.77. The van der Waals surface area contributed by atoms with Gasteiger partial charge in [0, 0.05) is 37.3 Å². The smallest absolute Gasteiger partial charge is 0.387 e. The summed E-state index contributed by atoms with van der Waals surface area (Å²) >= 11 is 5.93. The average Bonchev–Trinajstić information content (AvgIpc) is 2.64. The maximum absolute atomic E-state index is 12.5. The number of nitrogens with one attached hydrogen (secondary N) is 2. The molecule has 0 aliphatic rings. The Labute approximate surface area is 170 Å². The normalized spacial score (nSPS) is 12.5. The third-order valence-corrected chi connectivity index (χ3v) is 5.87. The fourth-order valence-corrected chi connectivity index (χ4v) is 3.30. The molecule has 7 nitrogen and oxygen atoms in total. The van der Waals surface area contributed by atoms with E-state index in [4.69, 9.17) is 11.6 Å². The molecular formula is C17H27ClF2N4O3S. The lowest BCUT2D eigenvalue weighted by molar-refractivity contribution is -0.0504. The third kappa shape index (κ3) is 8.57.